The topological polar surface area (TPSA) is 51.5 Å². The van der Waals surface area contributed by atoms with Gasteiger partial charge in [0.05, 0.1) is 13.7 Å². The third-order valence-electron chi connectivity index (χ3n) is 1.99. The number of carbonyl (C=O) groups excluding carboxylic acids is 1. The Morgan fingerprint density at radius 1 is 1.64 bits per heavy atom. The first-order chi connectivity index (χ1) is 6.72. The molecule has 0 saturated carbocycles. The third-order valence-corrected chi connectivity index (χ3v) is 2.67. The Morgan fingerprint density at radius 2 is 2.43 bits per heavy atom. The molecule has 1 aromatic rings. The van der Waals surface area contributed by atoms with E-state index in [9.17, 15) is 4.79 Å². The Bertz CT molecular complexity index is 429. The van der Waals surface area contributed by atoms with Crippen LogP contribution in [0.25, 0.3) is 0 Å². The maximum atomic E-state index is 11.2. The number of aromatic nitrogens is 1. The van der Waals surface area contributed by atoms with E-state index in [-0.39, 0.29) is 0 Å². The van der Waals surface area contributed by atoms with Gasteiger partial charge in [0, 0.05) is 11.8 Å². The lowest BCUT2D eigenvalue weighted by Gasteiger charge is -2.01. The van der Waals surface area contributed by atoms with Gasteiger partial charge in [0.15, 0.2) is 0 Å². The van der Waals surface area contributed by atoms with Crippen molar-refractivity contribution in [3.8, 4) is 0 Å². The maximum Gasteiger partial charge on any atom is 0.356 e. The highest BCUT2D eigenvalue weighted by atomic mass is 79.9. The highest BCUT2D eigenvalue weighted by Gasteiger charge is 2.17. The Hall–Kier alpha value is -1.23. The van der Waals surface area contributed by atoms with E-state index in [0.29, 0.717) is 12.2 Å². The van der Waals surface area contributed by atoms with Gasteiger partial charge in [-0.25, -0.2) is 9.78 Å². The van der Waals surface area contributed by atoms with Crippen LogP contribution < -0.4 is 0 Å². The summed E-state index contributed by atoms with van der Waals surface area (Å²) in [7, 11) is 1.34. The van der Waals surface area contributed by atoms with Crippen molar-refractivity contribution in [1.82, 2.24) is 4.98 Å². The molecule has 0 amide bonds. The first-order valence-electron chi connectivity index (χ1n) is 4.00. The van der Waals surface area contributed by atoms with Crippen LogP contribution >= 0.6 is 15.9 Å². The van der Waals surface area contributed by atoms with Gasteiger partial charge in [0.1, 0.15) is 10.3 Å². The van der Waals surface area contributed by atoms with Gasteiger partial charge in [-0.1, -0.05) is 0 Å². The summed E-state index contributed by atoms with van der Waals surface area (Å²) in [5, 5.41) is 0. The van der Waals surface area contributed by atoms with Crippen molar-refractivity contribution in [2.45, 2.75) is 6.54 Å². The van der Waals surface area contributed by atoms with E-state index in [0.717, 1.165) is 15.7 Å². The number of hydrogen-bond acceptors (Lipinski definition) is 4. The zero-order valence-corrected chi connectivity index (χ0v) is 9.04. The third kappa shape index (κ3) is 1.43. The quantitative estimate of drug-likeness (QED) is 0.715. The lowest BCUT2D eigenvalue weighted by molar-refractivity contribution is 0.0594. The van der Waals surface area contributed by atoms with Gasteiger partial charge in [-0.3, -0.25) is 4.99 Å². The molecule has 0 N–H and O–H groups in total. The minimum atomic E-state index is -0.421. The number of carbonyl (C=O) groups is 1. The number of ether oxygens (including phenoxy) is 1. The van der Waals surface area contributed by atoms with Crippen LogP contribution in [-0.2, 0) is 11.3 Å². The fourth-order valence-electron chi connectivity index (χ4n) is 1.27. The zero-order valence-electron chi connectivity index (χ0n) is 7.45. The number of aliphatic imine (C=N–C) groups is 1. The standard InChI is InChI=1S/C9H7BrN2O2/c1-14-9(13)7-2-5-3-12-8(10)6(5)4-11-7/h2,4H,3H2,1H3. The summed E-state index contributed by atoms with van der Waals surface area (Å²) in [5.74, 6) is -0.421. The second-order valence-electron chi connectivity index (χ2n) is 2.83. The van der Waals surface area contributed by atoms with Crippen molar-refractivity contribution in [2.24, 2.45) is 4.99 Å². The molecule has 14 heavy (non-hydrogen) atoms. The normalized spacial score (nSPS) is 13.4. The average molecular weight is 255 g/mol. The lowest BCUT2D eigenvalue weighted by Crippen LogP contribution is -2.05. The number of pyridine rings is 1. The second kappa shape index (κ2) is 3.49. The first kappa shape index (κ1) is 9.33. The Kier molecular flexibility index (Phi) is 2.33. The Balaban J connectivity index is 2.40. The minimum Gasteiger partial charge on any atom is -0.464 e. The number of fused-ring (bicyclic) bond motifs is 1. The van der Waals surface area contributed by atoms with Crippen LogP contribution in [0.4, 0.5) is 0 Å². The molecule has 4 nitrogen and oxygen atoms in total. The van der Waals surface area contributed by atoms with Gasteiger partial charge >= 0.3 is 5.97 Å². The minimum absolute atomic E-state index is 0.323. The molecule has 2 heterocycles. The van der Waals surface area contributed by atoms with Crippen LogP contribution in [0.15, 0.2) is 17.3 Å². The van der Waals surface area contributed by atoms with E-state index in [1.165, 1.54) is 7.11 Å². The van der Waals surface area contributed by atoms with Crippen LogP contribution in [0.2, 0.25) is 0 Å². The molecule has 1 aliphatic rings. The zero-order chi connectivity index (χ0) is 10.1. The maximum absolute atomic E-state index is 11.2. The summed E-state index contributed by atoms with van der Waals surface area (Å²) in [6.07, 6.45) is 1.63. The van der Waals surface area contributed by atoms with Gasteiger partial charge in [-0.2, -0.15) is 0 Å². The van der Waals surface area contributed by atoms with Crippen LogP contribution in [-0.4, -0.2) is 22.7 Å². The average Bonchev–Trinajstić information content (AvgIpc) is 2.59. The molecule has 0 spiro atoms. The number of esters is 1. The van der Waals surface area contributed by atoms with E-state index in [1.807, 2.05) is 0 Å². The van der Waals surface area contributed by atoms with Crippen LogP contribution in [0.5, 0.6) is 0 Å². The molecular weight excluding hydrogens is 248 g/mol. The summed E-state index contributed by atoms with van der Waals surface area (Å²) in [5.41, 5.74) is 2.26. The summed E-state index contributed by atoms with van der Waals surface area (Å²) < 4.78 is 5.36. The van der Waals surface area contributed by atoms with E-state index >= 15 is 0 Å². The van der Waals surface area contributed by atoms with Crippen molar-refractivity contribution in [3.63, 3.8) is 0 Å². The van der Waals surface area contributed by atoms with Crippen molar-refractivity contribution >= 4 is 26.5 Å². The van der Waals surface area contributed by atoms with E-state index in [2.05, 4.69) is 30.6 Å². The molecule has 0 fully saturated rings. The molecule has 1 aliphatic heterocycles. The largest absolute Gasteiger partial charge is 0.464 e. The number of methoxy groups -OCH3 is 1. The molecule has 1 aromatic heterocycles. The fourth-order valence-corrected chi connectivity index (χ4v) is 1.75. The SMILES string of the molecule is COC(=O)c1cc2c(cn1)C(Br)=NC2. The molecule has 72 valence electrons. The molecule has 2 rings (SSSR count). The molecule has 0 unspecified atom stereocenters. The van der Waals surface area contributed by atoms with Crippen LogP contribution in [0.3, 0.4) is 0 Å². The number of hydrogen-bond donors (Lipinski definition) is 0. The molecule has 0 atom stereocenters. The van der Waals surface area contributed by atoms with Gasteiger partial charge in [-0.15, -0.1) is 0 Å². The molecule has 0 aliphatic carbocycles. The fraction of sp³-hybridized carbons (Fsp3) is 0.222. The summed E-state index contributed by atoms with van der Waals surface area (Å²) >= 11 is 3.31. The number of halogens is 1. The summed E-state index contributed by atoms with van der Waals surface area (Å²) in [4.78, 5) is 19.3. The van der Waals surface area contributed by atoms with E-state index < -0.39 is 5.97 Å². The molecule has 0 saturated heterocycles. The summed E-state index contributed by atoms with van der Waals surface area (Å²) in [6, 6.07) is 1.71. The molecule has 0 aromatic carbocycles. The van der Waals surface area contributed by atoms with E-state index in [1.54, 1.807) is 12.3 Å². The Morgan fingerprint density at radius 3 is 3.14 bits per heavy atom. The summed E-state index contributed by atoms with van der Waals surface area (Å²) in [6.45, 7) is 0.586. The predicted molar refractivity (Wildman–Crippen MR) is 54.7 cm³/mol. The molecule has 5 heteroatoms. The molecule has 0 radical (unpaired) electrons. The first-order valence-corrected chi connectivity index (χ1v) is 4.79. The number of nitrogens with zero attached hydrogens (tertiary/aromatic N) is 2. The van der Waals surface area contributed by atoms with Gasteiger partial charge in [-0.05, 0) is 27.6 Å². The molecule has 0 bridgehead atoms. The van der Waals surface area contributed by atoms with Crippen molar-refractivity contribution in [2.75, 3.05) is 7.11 Å². The predicted octanol–water partition coefficient (Wildman–Crippen LogP) is 1.52. The monoisotopic (exact) mass is 254 g/mol. The highest BCUT2D eigenvalue weighted by molar-refractivity contribution is 9.18. The molecular formula is C9H7BrN2O2. The van der Waals surface area contributed by atoms with Crippen LogP contribution in [0, 0.1) is 0 Å². The van der Waals surface area contributed by atoms with Crippen molar-refractivity contribution in [3.05, 3.63) is 29.1 Å². The van der Waals surface area contributed by atoms with E-state index in [4.69, 9.17) is 0 Å². The van der Waals surface area contributed by atoms with Gasteiger partial charge in [0.25, 0.3) is 0 Å². The van der Waals surface area contributed by atoms with Crippen LogP contribution in [0.1, 0.15) is 21.6 Å². The second-order valence-corrected chi connectivity index (χ2v) is 3.58. The van der Waals surface area contributed by atoms with Crippen molar-refractivity contribution in [1.29, 1.82) is 0 Å². The van der Waals surface area contributed by atoms with Gasteiger partial charge in [0.2, 0.25) is 0 Å². The lowest BCUT2D eigenvalue weighted by atomic mass is 10.1. The Labute approximate surface area is 89.1 Å². The smallest absolute Gasteiger partial charge is 0.356 e. The highest BCUT2D eigenvalue weighted by Crippen LogP contribution is 2.21. The van der Waals surface area contributed by atoms with Gasteiger partial charge < -0.3 is 4.74 Å². The van der Waals surface area contributed by atoms with Crippen molar-refractivity contribution < 1.29 is 9.53 Å². The number of rotatable bonds is 1.